The lowest BCUT2D eigenvalue weighted by atomic mass is 9.54. The van der Waals surface area contributed by atoms with Gasteiger partial charge in [0.05, 0.1) is 0 Å². The molecule has 5 aliphatic rings. The van der Waals surface area contributed by atoms with E-state index in [1.54, 1.807) is 0 Å². The van der Waals surface area contributed by atoms with Crippen LogP contribution in [-0.2, 0) is 9.59 Å². The summed E-state index contributed by atoms with van der Waals surface area (Å²) in [5.74, 6) is 1.08. The number of rotatable bonds is 3. The normalized spacial score (nSPS) is 46.5. The molecule has 1 N–H and O–H groups in total. The van der Waals surface area contributed by atoms with Crippen LogP contribution >= 0.6 is 0 Å². The lowest BCUT2D eigenvalue weighted by Gasteiger charge is -2.54. The van der Waals surface area contributed by atoms with E-state index in [0.717, 1.165) is 24.7 Å². The number of carboxylic acid groups (broad SMARTS) is 1. The molecule has 0 radical (unpaired) electrons. The molecule has 4 bridgehead atoms. The minimum atomic E-state index is -1.04. The highest BCUT2D eigenvalue weighted by molar-refractivity contribution is 5.84. The van der Waals surface area contributed by atoms with Crippen LogP contribution in [0.5, 0.6) is 0 Å². The zero-order chi connectivity index (χ0) is 15.3. The molecule has 122 valence electrons. The first-order valence-electron chi connectivity index (χ1n) is 9.13. The van der Waals surface area contributed by atoms with Crippen molar-refractivity contribution in [2.24, 2.45) is 35.5 Å². The maximum Gasteiger partial charge on any atom is 0.224 e. The van der Waals surface area contributed by atoms with Crippen molar-refractivity contribution >= 4 is 11.9 Å². The summed E-state index contributed by atoms with van der Waals surface area (Å²) >= 11 is 0. The number of carbonyl (C=O) groups excluding carboxylic acids is 2. The average molecular weight is 304 g/mol. The van der Waals surface area contributed by atoms with E-state index < -0.39 is 11.9 Å². The molecule has 5 aliphatic carbocycles. The van der Waals surface area contributed by atoms with Crippen molar-refractivity contribution in [2.75, 3.05) is 0 Å². The Morgan fingerprint density at radius 1 is 0.818 bits per heavy atom. The second-order valence-corrected chi connectivity index (χ2v) is 8.28. The van der Waals surface area contributed by atoms with Crippen LogP contribution in [0.2, 0.25) is 0 Å². The van der Waals surface area contributed by atoms with Crippen LogP contribution in [-0.4, -0.2) is 17.9 Å². The van der Waals surface area contributed by atoms with Gasteiger partial charge in [0.25, 0.3) is 0 Å². The number of carboxylic acids is 1. The van der Waals surface area contributed by atoms with E-state index in [-0.39, 0.29) is 11.8 Å². The number of amides is 1. The molecule has 0 aromatic carbocycles. The quantitative estimate of drug-likeness (QED) is 0.858. The molecule has 2 atom stereocenters. The molecule has 0 aromatic heterocycles. The Labute approximate surface area is 132 Å². The molecule has 4 nitrogen and oxygen atoms in total. The van der Waals surface area contributed by atoms with Crippen molar-refractivity contribution in [2.45, 2.75) is 63.8 Å². The molecule has 0 unspecified atom stereocenters. The molecular formula is C18H26NO3-. The third kappa shape index (κ3) is 2.44. The highest BCUT2D eigenvalue weighted by Crippen LogP contribution is 2.53. The first kappa shape index (κ1) is 14.5. The van der Waals surface area contributed by atoms with Gasteiger partial charge in [0, 0.05) is 23.8 Å². The lowest BCUT2D eigenvalue weighted by Crippen LogP contribution is -2.57. The number of hydrogen-bond donors (Lipinski definition) is 1. The van der Waals surface area contributed by atoms with E-state index in [2.05, 4.69) is 5.32 Å². The number of aliphatic carboxylic acids is 1. The standard InChI is InChI=1S/C18H27NO3/c20-17(14-3-1-2-4-15(14)18(21)22)19-16-12-6-10-5-11(8-12)9-13(16)7-10/h10-16H,1-9H2,(H,19,20)(H,21,22)/p-1/t10?,11?,12?,13?,14-,15+,16?/m0/s1. The van der Waals surface area contributed by atoms with Gasteiger partial charge in [-0.25, -0.2) is 0 Å². The maximum atomic E-state index is 12.7. The Bertz CT molecular complexity index is 447. The van der Waals surface area contributed by atoms with Gasteiger partial charge in [0.15, 0.2) is 0 Å². The van der Waals surface area contributed by atoms with E-state index in [1.165, 1.54) is 32.1 Å². The smallest absolute Gasteiger partial charge is 0.224 e. The highest BCUT2D eigenvalue weighted by Gasteiger charge is 2.49. The third-order valence-corrected chi connectivity index (χ3v) is 6.94. The summed E-state index contributed by atoms with van der Waals surface area (Å²) in [5, 5.41) is 14.6. The van der Waals surface area contributed by atoms with Crippen molar-refractivity contribution in [1.82, 2.24) is 5.32 Å². The minimum Gasteiger partial charge on any atom is -0.550 e. The molecule has 5 saturated carbocycles. The zero-order valence-electron chi connectivity index (χ0n) is 13.1. The summed E-state index contributed by atoms with van der Waals surface area (Å²) in [7, 11) is 0. The zero-order valence-corrected chi connectivity index (χ0v) is 13.1. The Morgan fingerprint density at radius 3 is 1.91 bits per heavy atom. The summed E-state index contributed by atoms with van der Waals surface area (Å²) in [6.45, 7) is 0. The molecular weight excluding hydrogens is 278 g/mol. The van der Waals surface area contributed by atoms with Gasteiger partial charge >= 0.3 is 0 Å². The van der Waals surface area contributed by atoms with Gasteiger partial charge in [-0.05, 0) is 68.6 Å². The van der Waals surface area contributed by atoms with Crippen molar-refractivity contribution in [3.8, 4) is 0 Å². The predicted octanol–water partition coefficient (Wildman–Crippen LogP) is 1.48. The molecule has 0 heterocycles. The van der Waals surface area contributed by atoms with Gasteiger partial charge in [0.2, 0.25) is 5.91 Å². The SMILES string of the molecule is O=C(NC1C2CC3CC(C2)CC1C3)[C@H]1CCCC[C@H]1C(=O)[O-]. The van der Waals surface area contributed by atoms with E-state index >= 15 is 0 Å². The van der Waals surface area contributed by atoms with Crippen molar-refractivity contribution < 1.29 is 14.7 Å². The number of nitrogens with one attached hydrogen (secondary N) is 1. The van der Waals surface area contributed by atoms with E-state index in [4.69, 9.17) is 0 Å². The first-order valence-corrected chi connectivity index (χ1v) is 9.13. The molecule has 0 aliphatic heterocycles. The second kappa shape index (κ2) is 5.54. The van der Waals surface area contributed by atoms with Gasteiger partial charge in [-0.1, -0.05) is 12.8 Å². The van der Waals surface area contributed by atoms with E-state index in [9.17, 15) is 14.7 Å². The molecule has 0 saturated heterocycles. The van der Waals surface area contributed by atoms with E-state index in [0.29, 0.717) is 30.7 Å². The molecule has 0 aromatic rings. The van der Waals surface area contributed by atoms with Crippen LogP contribution in [0.3, 0.4) is 0 Å². The fourth-order valence-corrected chi connectivity index (χ4v) is 6.16. The summed E-state index contributed by atoms with van der Waals surface area (Å²) in [6.07, 6.45) is 9.66. The van der Waals surface area contributed by atoms with Gasteiger partial charge in [-0.15, -0.1) is 0 Å². The highest BCUT2D eigenvalue weighted by atomic mass is 16.4. The first-order chi connectivity index (χ1) is 10.6. The predicted molar refractivity (Wildman–Crippen MR) is 79.4 cm³/mol. The van der Waals surface area contributed by atoms with Gasteiger partial charge in [-0.3, -0.25) is 4.79 Å². The summed E-state index contributed by atoms with van der Waals surface area (Å²) in [6, 6.07) is 0.310. The van der Waals surface area contributed by atoms with Gasteiger partial charge < -0.3 is 15.2 Å². The molecule has 0 spiro atoms. The van der Waals surface area contributed by atoms with Crippen LogP contribution in [0.1, 0.15) is 57.8 Å². The minimum absolute atomic E-state index is 0.00799. The van der Waals surface area contributed by atoms with Gasteiger partial charge in [-0.2, -0.15) is 0 Å². The molecule has 22 heavy (non-hydrogen) atoms. The third-order valence-electron chi connectivity index (χ3n) is 6.94. The summed E-state index contributed by atoms with van der Waals surface area (Å²) in [4.78, 5) is 24.0. The van der Waals surface area contributed by atoms with Crippen LogP contribution in [0.15, 0.2) is 0 Å². The fourth-order valence-electron chi connectivity index (χ4n) is 6.16. The van der Waals surface area contributed by atoms with Crippen molar-refractivity contribution in [1.29, 1.82) is 0 Å². The van der Waals surface area contributed by atoms with Crippen LogP contribution in [0, 0.1) is 35.5 Å². The largest absolute Gasteiger partial charge is 0.550 e. The van der Waals surface area contributed by atoms with Gasteiger partial charge in [0.1, 0.15) is 0 Å². The maximum absolute atomic E-state index is 12.7. The summed E-state index contributed by atoms with van der Waals surface area (Å²) in [5.41, 5.74) is 0. The summed E-state index contributed by atoms with van der Waals surface area (Å²) < 4.78 is 0. The Morgan fingerprint density at radius 2 is 1.36 bits per heavy atom. The van der Waals surface area contributed by atoms with E-state index in [1.807, 2.05) is 0 Å². The Balaban J connectivity index is 1.44. The number of hydrogen-bond acceptors (Lipinski definition) is 3. The Kier molecular flexibility index (Phi) is 3.66. The van der Waals surface area contributed by atoms with Crippen LogP contribution in [0.25, 0.3) is 0 Å². The molecule has 1 amide bonds. The second-order valence-electron chi connectivity index (χ2n) is 8.28. The van der Waals surface area contributed by atoms with Crippen LogP contribution in [0.4, 0.5) is 0 Å². The average Bonchev–Trinajstić information content (AvgIpc) is 2.50. The molecule has 5 fully saturated rings. The number of carbonyl (C=O) groups is 2. The van der Waals surface area contributed by atoms with Crippen molar-refractivity contribution in [3.05, 3.63) is 0 Å². The van der Waals surface area contributed by atoms with Crippen molar-refractivity contribution in [3.63, 3.8) is 0 Å². The molecule has 4 heteroatoms. The lowest BCUT2D eigenvalue weighted by molar-refractivity contribution is -0.314. The Hall–Kier alpha value is -1.06. The monoisotopic (exact) mass is 304 g/mol. The fraction of sp³-hybridized carbons (Fsp3) is 0.889. The van der Waals surface area contributed by atoms with Crippen LogP contribution < -0.4 is 10.4 Å². The molecule has 5 rings (SSSR count). The topological polar surface area (TPSA) is 69.2 Å².